The Balaban J connectivity index is 1.61. The van der Waals surface area contributed by atoms with Crippen LogP contribution in [0.3, 0.4) is 0 Å². The zero-order valence-corrected chi connectivity index (χ0v) is 21.3. The third-order valence-electron chi connectivity index (χ3n) is 6.47. The maximum Gasteiger partial charge on any atom is 0.174 e. The molecule has 3 heterocycles. The molecule has 6 nitrogen and oxygen atoms in total. The van der Waals surface area contributed by atoms with Gasteiger partial charge in [0.2, 0.25) is 0 Å². The maximum atomic E-state index is 5.90. The molecule has 5 rings (SSSR count). The highest BCUT2D eigenvalue weighted by Gasteiger charge is 2.42. The second-order valence-electron chi connectivity index (χ2n) is 9.12. The van der Waals surface area contributed by atoms with Crippen molar-refractivity contribution < 1.29 is 0 Å². The van der Waals surface area contributed by atoms with E-state index in [0.29, 0.717) is 5.11 Å². The molecule has 0 bridgehead atoms. The summed E-state index contributed by atoms with van der Waals surface area (Å²) < 4.78 is 2.25. The minimum absolute atomic E-state index is 0.0777. The Labute approximate surface area is 212 Å². The average Bonchev–Trinajstić information content (AvgIpc) is 3.49. The van der Waals surface area contributed by atoms with E-state index in [1.54, 1.807) is 0 Å². The number of benzene rings is 2. The van der Waals surface area contributed by atoms with E-state index >= 15 is 0 Å². The summed E-state index contributed by atoms with van der Waals surface area (Å²) >= 11 is 5.90. The van der Waals surface area contributed by atoms with Crippen LogP contribution < -0.4 is 20.0 Å². The lowest BCUT2D eigenvalue weighted by Crippen LogP contribution is -2.30. The second-order valence-corrected chi connectivity index (χ2v) is 9.51. The van der Waals surface area contributed by atoms with Crippen LogP contribution in [0.25, 0.3) is 5.69 Å². The number of nitrogens with zero attached hydrogens (tertiary/aromatic N) is 5. The van der Waals surface area contributed by atoms with Crippen LogP contribution in [0.2, 0.25) is 0 Å². The van der Waals surface area contributed by atoms with Gasteiger partial charge in [0.25, 0.3) is 0 Å². The van der Waals surface area contributed by atoms with Crippen molar-refractivity contribution in [1.82, 2.24) is 14.9 Å². The van der Waals surface area contributed by atoms with Crippen molar-refractivity contribution in [3.63, 3.8) is 0 Å². The Kier molecular flexibility index (Phi) is 6.17. The minimum atomic E-state index is -0.0908. The Hall–Kier alpha value is -3.84. The Morgan fingerprint density at radius 3 is 1.97 bits per heavy atom. The van der Waals surface area contributed by atoms with Crippen LogP contribution in [-0.2, 0) is 0 Å². The van der Waals surface area contributed by atoms with Gasteiger partial charge < -0.3 is 24.6 Å². The van der Waals surface area contributed by atoms with Gasteiger partial charge in [0.1, 0.15) is 6.04 Å². The van der Waals surface area contributed by atoms with Crippen LogP contribution in [0.5, 0.6) is 0 Å². The van der Waals surface area contributed by atoms with Gasteiger partial charge in [-0.3, -0.25) is 4.98 Å². The van der Waals surface area contributed by atoms with E-state index in [9.17, 15) is 0 Å². The number of thiocarbonyl (C=S) groups is 1. The minimum Gasteiger partial charge on any atom is -0.378 e. The zero-order chi connectivity index (χ0) is 24.5. The summed E-state index contributed by atoms with van der Waals surface area (Å²) in [5.41, 5.74) is 6.57. The Bertz CT molecular complexity index is 1300. The van der Waals surface area contributed by atoms with Crippen molar-refractivity contribution in [2.75, 3.05) is 42.9 Å². The van der Waals surface area contributed by atoms with Crippen LogP contribution in [0.4, 0.5) is 17.1 Å². The lowest BCUT2D eigenvalue weighted by atomic mass is 10.0. The molecule has 1 N–H and O–H groups in total. The van der Waals surface area contributed by atoms with E-state index in [0.717, 1.165) is 28.5 Å². The van der Waals surface area contributed by atoms with Crippen molar-refractivity contribution in [2.45, 2.75) is 12.1 Å². The third kappa shape index (κ3) is 4.35. The van der Waals surface area contributed by atoms with Crippen molar-refractivity contribution >= 4 is 34.4 Å². The standard InChI is InChI=1S/C28H30N6S/c1-31(2)20-10-14-22(15-11-20)33-19-7-9-25(33)27-26(24-8-5-6-18-29-24)30-28(35)34(27)23-16-12-21(13-17-23)32(3)4/h5-19,26-27H,1-4H3,(H,30,35). The van der Waals surface area contributed by atoms with Crippen LogP contribution in [0.1, 0.15) is 23.5 Å². The number of hydrogen-bond donors (Lipinski definition) is 1. The molecule has 2 aromatic carbocycles. The molecule has 2 unspecified atom stereocenters. The first kappa shape index (κ1) is 22.9. The van der Waals surface area contributed by atoms with Gasteiger partial charge in [-0.2, -0.15) is 0 Å². The number of hydrogen-bond acceptors (Lipinski definition) is 4. The van der Waals surface area contributed by atoms with Crippen molar-refractivity contribution in [1.29, 1.82) is 0 Å². The van der Waals surface area contributed by atoms with Crippen molar-refractivity contribution in [3.8, 4) is 5.69 Å². The fourth-order valence-electron chi connectivity index (χ4n) is 4.63. The first-order valence-electron chi connectivity index (χ1n) is 11.7. The molecule has 7 heteroatoms. The molecule has 0 amide bonds. The normalized spacial score (nSPS) is 17.4. The molecule has 0 saturated carbocycles. The molecule has 1 aliphatic rings. The highest BCUT2D eigenvalue weighted by molar-refractivity contribution is 7.80. The SMILES string of the molecule is CN(C)c1ccc(N2C(=S)NC(c3ccccn3)C2c2cccn2-c2ccc(N(C)C)cc2)cc1. The lowest BCUT2D eigenvalue weighted by Gasteiger charge is -2.29. The summed E-state index contributed by atoms with van der Waals surface area (Å²) in [6, 6.07) is 27.3. The molecule has 2 atom stereocenters. The number of pyridine rings is 1. The van der Waals surface area contributed by atoms with E-state index in [-0.39, 0.29) is 12.1 Å². The lowest BCUT2D eigenvalue weighted by molar-refractivity contribution is 0.549. The predicted molar refractivity (Wildman–Crippen MR) is 149 cm³/mol. The summed E-state index contributed by atoms with van der Waals surface area (Å²) in [7, 11) is 8.20. The fraction of sp³-hybridized carbons (Fsp3) is 0.214. The summed E-state index contributed by atoms with van der Waals surface area (Å²) in [5.74, 6) is 0. The molecule has 0 aliphatic carbocycles. The zero-order valence-electron chi connectivity index (χ0n) is 20.5. The van der Waals surface area contributed by atoms with Crippen LogP contribution in [0.15, 0.2) is 91.3 Å². The molecule has 1 aliphatic heterocycles. The largest absolute Gasteiger partial charge is 0.378 e. The maximum absolute atomic E-state index is 5.90. The molecule has 1 saturated heterocycles. The first-order valence-corrected chi connectivity index (χ1v) is 12.1. The Morgan fingerprint density at radius 2 is 1.40 bits per heavy atom. The molecule has 0 radical (unpaired) electrons. The van der Waals surface area contributed by atoms with Crippen LogP contribution in [0, 0.1) is 0 Å². The molecule has 178 valence electrons. The smallest absolute Gasteiger partial charge is 0.174 e. The second kappa shape index (κ2) is 9.43. The quantitative estimate of drug-likeness (QED) is 0.382. The van der Waals surface area contributed by atoms with E-state index in [1.165, 1.54) is 5.69 Å². The summed E-state index contributed by atoms with van der Waals surface area (Å²) in [6.07, 6.45) is 3.95. The number of aromatic nitrogens is 2. The molecule has 2 aromatic heterocycles. The van der Waals surface area contributed by atoms with Gasteiger partial charge in [-0.25, -0.2) is 0 Å². The number of rotatable bonds is 6. The van der Waals surface area contributed by atoms with E-state index in [4.69, 9.17) is 12.2 Å². The molecular formula is C28H30N6S. The van der Waals surface area contributed by atoms with Crippen LogP contribution >= 0.6 is 12.2 Å². The van der Waals surface area contributed by atoms with E-state index in [1.807, 2.05) is 32.4 Å². The number of nitrogens with one attached hydrogen (secondary N) is 1. The van der Waals surface area contributed by atoms with Gasteiger partial charge >= 0.3 is 0 Å². The molecule has 4 aromatic rings. The van der Waals surface area contributed by atoms with Gasteiger partial charge in [0.05, 0.1) is 11.7 Å². The Morgan fingerprint density at radius 1 is 0.771 bits per heavy atom. The van der Waals surface area contributed by atoms with Crippen LogP contribution in [-0.4, -0.2) is 42.9 Å². The van der Waals surface area contributed by atoms with E-state index in [2.05, 4.69) is 117 Å². The predicted octanol–water partition coefficient (Wildman–Crippen LogP) is 5.18. The average molecular weight is 483 g/mol. The molecular weight excluding hydrogens is 452 g/mol. The van der Waals surface area contributed by atoms with Gasteiger partial charge in [0.15, 0.2) is 5.11 Å². The van der Waals surface area contributed by atoms with Gasteiger partial charge in [-0.05, 0) is 85.0 Å². The highest BCUT2D eigenvalue weighted by atomic mass is 32.1. The van der Waals surface area contributed by atoms with Crippen molar-refractivity contribution in [2.24, 2.45) is 0 Å². The van der Waals surface area contributed by atoms with Gasteiger partial charge in [-0.1, -0.05) is 6.07 Å². The molecule has 0 spiro atoms. The molecule has 35 heavy (non-hydrogen) atoms. The summed E-state index contributed by atoms with van der Waals surface area (Å²) in [4.78, 5) is 11.1. The number of anilines is 3. The van der Waals surface area contributed by atoms with E-state index < -0.39 is 0 Å². The van der Waals surface area contributed by atoms with Gasteiger partial charge in [-0.15, -0.1) is 0 Å². The first-order chi connectivity index (χ1) is 16.9. The topological polar surface area (TPSA) is 39.6 Å². The highest BCUT2D eigenvalue weighted by Crippen LogP contribution is 2.42. The summed E-state index contributed by atoms with van der Waals surface area (Å²) in [6.45, 7) is 0. The summed E-state index contributed by atoms with van der Waals surface area (Å²) in [5, 5.41) is 4.26. The van der Waals surface area contributed by atoms with Gasteiger partial charge in [0, 0.05) is 69.0 Å². The fourth-order valence-corrected chi connectivity index (χ4v) is 4.97. The van der Waals surface area contributed by atoms with Crippen molar-refractivity contribution in [3.05, 3.63) is 103 Å². The monoisotopic (exact) mass is 482 g/mol. The third-order valence-corrected chi connectivity index (χ3v) is 6.78. The molecule has 1 fully saturated rings.